The highest BCUT2D eigenvalue weighted by Gasteiger charge is 1.99. The first-order valence-electron chi connectivity index (χ1n) is 3.43. The lowest BCUT2D eigenvalue weighted by atomic mass is 10.2. The molecule has 0 bridgehead atoms. The van der Waals surface area contributed by atoms with Gasteiger partial charge >= 0.3 is 0 Å². The Morgan fingerprint density at radius 3 is 2.90 bits per heavy atom. The quantitative estimate of drug-likeness (QED) is 0.688. The van der Waals surface area contributed by atoms with E-state index < -0.39 is 0 Å². The van der Waals surface area contributed by atoms with E-state index in [1.54, 1.807) is 6.26 Å². The fourth-order valence-electron chi connectivity index (χ4n) is 0.888. The van der Waals surface area contributed by atoms with Gasteiger partial charge in [-0.2, -0.15) is 0 Å². The number of rotatable bonds is 3. The van der Waals surface area contributed by atoms with E-state index in [-0.39, 0.29) is 0 Å². The van der Waals surface area contributed by atoms with Gasteiger partial charge in [-0.05, 0) is 25.0 Å². The van der Waals surface area contributed by atoms with E-state index in [4.69, 9.17) is 4.42 Å². The summed E-state index contributed by atoms with van der Waals surface area (Å²) in [6.45, 7) is 2.08. The molecular formula is C8H11BrO. The third kappa shape index (κ3) is 1.87. The zero-order chi connectivity index (χ0) is 7.40. The van der Waals surface area contributed by atoms with Crippen molar-refractivity contribution in [2.24, 2.45) is 0 Å². The lowest BCUT2D eigenvalue weighted by Crippen LogP contribution is -1.84. The minimum absolute atomic E-state index is 1.05. The summed E-state index contributed by atoms with van der Waals surface area (Å²) in [5.41, 5.74) is 1.26. The Balaban J connectivity index is 2.49. The van der Waals surface area contributed by atoms with Crippen LogP contribution in [0.4, 0.5) is 0 Å². The van der Waals surface area contributed by atoms with Gasteiger partial charge in [0.15, 0.2) is 0 Å². The molecule has 1 rings (SSSR count). The molecule has 0 aliphatic carbocycles. The van der Waals surface area contributed by atoms with Gasteiger partial charge in [0.25, 0.3) is 0 Å². The summed E-state index contributed by atoms with van der Waals surface area (Å²) in [7, 11) is 0. The summed E-state index contributed by atoms with van der Waals surface area (Å²) in [5.74, 6) is 1.12. The summed E-state index contributed by atoms with van der Waals surface area (Å²) in [6.07, 6.45) is 3.94. The molecule has 0 aliphatic heterocycles. The number of hydrogen-bond donors (Lipinski definition) is 0. The van der Waals surface area contributed by atoms with Crippen molar-refractivity contribution in [3.05, 3.63) is 23.7 Å². The second-order valence-corrected chi connectivity index (χ2v) is 3.11. The summed E-state index contributed by atoms with van der Waals surface area (Å²) in [5, 5.41) is 1.05. The third-order valence-corrected chi connectivity index (χ3v) is 2.07. The molecule has 0 aliphatic rings. The Labute approximate surface area is 69.6 Å². The van der Waals surface area contributed by atoms with Crippen LogP contribution in [-0.4, -0.2) is 5.33 Å². The average molecular weight is 203 g/mol. The van der Waals surface area contributed by atoms with Gasteiger partial charge in [0, 0.05) is 11.8 Å². The van der Waals surface area contributed by atoms with Crippen LogP contribution in [-0.2, 0) is 6.42 Å². The second-order valence-electron chi connectivity index (χ2n) is 2.32. The summed E-state index contributed by atoms with van der Waals surface area (Å²) in [4.78, 5) is 0. The Bertz CT molecular complexity index is 193. The lowest BCUT2D eigenvalue weighted by molar-refractivity contribution is 0.504. The van der Waals surface area contributed by atoms with Gasteiger partial charge in [0.2, 0.25) is 0 Å². The van der Waals surface area contributed by atoms with Crippen molar-refractivity contribution >= 4 is 15.9 Å². The smallest absolute Gasteiger partial charge is 0.106 e. The number of furan rings is 1. The van der Waals surface area contributed by atoms with E-state index in [0.717, 1.165) is 23.9 Å². The molecule has 0 atom stereocenters. The zero-order valence-corrected chi connectivity index (χ0v) is 7.65. The fraction of sp³-hybridized carbons (Fsp3) is 0.500. The maximum absolute atomic E-state index is 5.25. The minimum atomic E-state index is 1.05. The van der Waals surface area contributed by atoms with E-state index in [1.807, 2.05) is 6.07 Å². The van der Waals surface area contributed by atoms with Gasteiger partial charge in [-0.3, -0.25) is 0 Å². The lowest BCUT2D eigenvalue weighted by Gasteiger charge is -1.93. The van der Waals surface area contributed by atoms with Gasteiger partial charge in [0.1, 0.15) is 5.76 Å². The highest BCUT2D eigenvalue weighted by molar-refractivity contribution is 9.09. The molecule has 0 N–H and O–H groups in total. The number of aryl methyl sites for hydroxylation is 2. The van der Waals surface area contributed by atoms with Gasteiger partial charge in [-0.1, -0.05) is 15.9 Å². The van der Waals surface area contributed by atoms with Crippen LogP contribution in [0.5, 0.6) is 0 Å². The van der Waals surface area contributed by atoms with E-state index in [9.17, 15) is 0 Å². The topological polar surface area (TPSA) is 13.1 Å². The van der Waals surface area contributed by atoms with Crippen molar-refractivity contribution in [2.45, 2.75) is 19.8 Å². The average Bonchev–Trinajstić information content (AvgIpc) is 2.31. The van der Waals surface area contributed by atoms with E-state index >= 15 is 0 Å². The molecule has 1 nitrogen and oxygen atoms in total. The van der Waals surface area contributed by atoms with Crippen LogP contribution in [0.2, 0.25) is 0 Å². The molecule has 0 amide bonds. The molecule has 56 valence electrons. The largest absolute Gasteiger partial charge is 0.469 e. The number of alkyl halides is 1. The van der Waals surface area contributed by atoms with Gasteiger partial charge < -0.3 is 4.42 Å². The number of halogens is 1. The van der Waals surface area contributed by atoms with E-state index in [0.29, 0.717) is 0 Å². The summed E-state index contributed by atoms with van der Waals surface area (Å²) < 4.78 is 5.25. The van der Waals surface area contributed by atoms with Gasteiger partial charge in [-0.25, -0.2) is 0 Å². The van der Waals surface area contributed by atoms with Crippen LogP contribution in [0.3, 0.4) is 0 Å². The highest BCUT2D eigenvalue weighted by atomic mass is 79.9. The predicted molar refractivity (Wildman–Crippen MR) is 45.6 cm³/mol. The van der Waals surface area contributed by atoms with Crippen molar-refractivity contribution in [3.8, 4) is 0 Å². The maximum atomic E-state index is 5.25. The van der Waals surface area contributed by atoms with Crippen LogP contribution in [0, 0.1) is 6.92 Å². The highest BCUT2D eigenvalue weighted by Crippen LogP contribution is 2.11. The molecule has 1 heterocycles. The molecule has 2 heteroatoms. The third-order valence-electron chi connectivity index (χ3n) is 1.51. The monoisotopic (exact) mass is 202 g/mol. The SMILES string of the molecule is Cc1ccoc1CCCBr. The Morgan fingerprint density at radius 1 is 1.60 bits per heavy atom. The first-order valence-corrected chi connectivity index (χ1v) is 4.55. The van der Waals surface area contributed by atoms with Gasteiger partial charge in [-0.15, -0.1) is 0 Å². The molecule has 0 saturated carbocycles. The Hall–Kier alpha value is -0.240. The molecule has 0 spiro atoms. The van der Waals surface area contributed by atoms with Crippen LogP contribution < -0.4 is 0 Å². The molecule has 0 saturated heterocycles. The normalized spacial score (nSPS) is 10.2. The maximum Gasteiger partial charge on any atom is 0.106 e. The second kappa shape index (κ2) is 3.81. The summed E-state index contributed by atoms with van der Waals surface area (Å²) >= 11 is 3.38. The first kappa shape index (κ1) is 7.86. The van der Waals surface area contributed by atoms with Gasteiger partial charge in [0.05, 0.1) is 6.26 Å². The van der Waals surface area contributed by atoms with Crippen molar-refractivity contribution in [2.75, 3.05) is 5.33 Å². The minimum Gasteiger partial charge on any atom is -0.469 e. The first-order chi connectivity index (χ1) is 4.84. The van der Waals surface area contributed by atoms with Crippen molar-refractivity contribution in [1.29, 1.82) is 0 Å². The predicted octanol–water partition coefficient (Wildman–Crippen LogP) is 2.92. The van der Waals surface area contributed by atoms with Crippen LogP contribution in [0.25, 0.3) is 0 Å². The summed E-state index contributed by atoms with van der Waals surface area (Å²) in [6, 6.07) is 2.00. The molecule has 1 aromatic heterocycles. The Kier molecular flexibility index (Phi) is 3.00. The molecular weight excluding hydrogens is 192 g/mol. The van der Waals surface area contributed by atoms with Crippen molar-refractivity contribution < 1.29 is 4.42 Å². The molecule has 0 radical (unpaired) electrons. The molecule has 10 heavy (non-hydrogen) atoms. The molecule has 1 aromatic rings. The van der Waals surface area contributed by atoms with E-state index in [2.05, 4.69) is 22.9 Å². The van der Waals surface area contributed by atoms with E-state index in [1.165, 1.54) is 5.56 Å². The van der Waals surface area contributed by atoms with Crippen LogP contribution in [0.15, 0.2) is 16.7 Å². The molecule has 0 aromatic carbocycles. The van der Waals surface area contributed by atoms with Crippen LogP contribution in [0.1, 0.15) is 17.7 Å². The van der Waals surface area contributed by atoms with Crippen LogP contribution >= 0.6 is 15.9 Å². The fourth-order valence-corrected chi connectivity index (χ4v) is 1.17. The molecule has 0 fully saturated rings. The van der Waals surface area contributed by atoms with Crippen molar-refractivity contribution in [1.82, 2.24) is 0 Å². The molecule has 0 unspecified atom stereocenters. The zero-order valence-electron chi connectivity index (χ0n) is 6.06. The number of hydrogen-bond acceptors (Lipinski definition) is 1. The Morgan fingerprint density at radius 2 is 2.40 bits per heavy atom. The van der Waals surface area contributed by atoms with Crippen molar-refractivity contribution in [3.63, 3.8) is 0 Å². The standard InChI is InChI=1S/C8H11BrO/c1-7-4-6-10-8(7)3-2-5-9/h4,6H,2-3,5H2,1H3.